The molecule has 0 fully saturated rings. The monoisotopic (exact) mass is 330 g/mol. The Hall–Kier alpha value is -1.04. The molecule has 2 aliphatic carbocycles. The lowest BCUT2D eigenvalue weighted by atomic mass is 9.85. The van der Waals surface area contributed by atoms with Gasteiger partial charge in [-0.25, -0.2) is 0 Å². The van der Waals surface area contributed by atoms with Gasteiger partial charge in [-0.05, 0) is 54.1 Å². The minimum Gasteiger partial charge on any atom is -0.0876 e. The van der Waals surface area contributed by atoms with Gasteiger partial charge in [-0.3, -0.25) is 0 Å². The first-order chi connectivity index (χ1) is 11.5. The number of allylic oxidation sites excluding steroid dienone is 2. The Morgan fingerprint density at radius 3 is 1.50 bits per heavy atom. The van der Waals surface area contributed by atoms with Crippen LogP contribution in [0.3, 0.4) is 0 Å². The largest absolute Gasteiger partial charge is 0.0876 e. The molecule has 0 saturated heterocycles. The number of benzene rings is 1. The van der Waals surface area contributed by atoms with E-state index in [1.54, 1.807) is 11.1 Å². The molecule has 3 rings (SSSR count). The molecule has 0 amide bonds. The van der Waals surface area contributed by atoms with Crippen LogP contribution in [0.2, 0.25) is 0 Å². The molecule has 0 spiro atoms. The highest BCUT2D eigenvalue weighted by Gasteiger charge is 2.22. The third-order valence-corrected chi connectivity index (χ3v) is 4.67. The summed E-state index contributed by atoms with van der Waals surface area (Å²) >= 11 is 0. The highest BCUT2D eigenvalue weighted by atomic mass is 14.3. The zero-order valence-corrected chi connectivity index (χ0v) is 17.6. The van der Waals surface area contributed by atoms with E-state index in [2.05, 4.69) is 78.0 Å². The summed E-state index contributed by atoms with van der Waals surface area (Å²) in [4.78, 5) is 0. The molecule has 1 atom stereocenters. The van der Waals surface area contributed by atoms with E-state index >= 15 is 0 Å². The van der Waals surface area contributed by atoms with Crippen LogP contribution in [0.4, 0.5) is 0 Å². The molecular formula is C24H42. The summed E-state index contributed by atoms with van der Waals surface area (Å²) in [5, 5.41) is 0. The topological polar surface area (TPSA) is 0 Å². The summed E-state index contributed by atoms with van der Waals surface area (Å²) in [6, 6.07) is 8.86. The molecule has 0 bridgehead atoms. The fourth-order valence-corrected chi connectivity index (χ4v) is 2.85. The van der Waals surface area contributed by atoms with E-state index in [1.165, 1.54) is 25.7 Å². The Bertz CT molecular complexity index is 414. The predicted octanol–water partition coefficient (Wildman–Crippen LogP) is 7.72. The molecule has 1 aromatic carbocycles. The van der Waals surface area contributed by atoms with E-state index < -0.39 is 0 Å². The first kappa shape index (κ1) is 23.0. The van der Waals surface area contributed by atoms with Crippen molar-refractivity contribution in [3.63, 3.8) is 0 Å². The smallest absolute Gasteiger partial charge is 0.0176 e. The van der Waals surface area contributed by atoms with E-state index in [4.69, 9.17) is 0 Å². The molecule has 138 valence electrons. The quantitative estimate of drug-likeness (QED) is 0.487. The van der Waals surface area contributed by atoms with Crippen molar-refractivity contribution in [2.75, 3.05) is 0 Å². The summed E-state index contributed by atoms with van der Waals surface area (Å²) in [7, 11) is 0. The first-order valence-electron chi connectivity index (χ1n) is 10.2. The minimum atomic E-state index is 0.831. The van der Waals surface area contributed by atoms with E-state index in [-0.39, 0.29) is 0 Å². The van der Waals surface area contributed by atoms with Gasteiger partial charge in [0.2, 0.25) is 0 Å². The van der Waals surface area contributed by atoms with Crippen molar-refractivity contribution in [2.45, 2.75) is 81.1 Å². The molecule has 0 heteroatoms. The van der Waals surface area contributed by atoms with Gasteiger partial charge in [0.1, 0.15) is 0 Å². The number of hydrogen-bond acceptors (Lipinski definition) is 0. The van der Waals surface area contributed by atoms with Crippen LogP contribution in [0.25, 0.3) is 0 Å². The van der Waals surface area contributed by atoms with Gasteiger partial charge in [-0.2, -0.15) is 0 Å². The summed E-state index contributed by atoms with van der Waals surface area (Å²) in [6.45, 7) is 17.5. The van der Waals surface area contributed by atoms with Crippen LogP contribution < -0.4 is 0 Å². The van der Waals surface area contributed by atoms with Crippen LogP contribution >= 0.6 is 0 Å². The molecule has 0 heterocycles. The second-order valence-electron chi connectivity index (χ2n) is 7.46. The summed E-state index contributed by atoms with van der Waals surface area (Å²) in [6.07, 6.45) is 9.70. The maximum Gasteiger partial charge on any atom is -0.0176 e. The van der Waals surface area contributed by atoms with Crippen LogP contribution in [0.5, 0.6) is 0 Å². The third-order valence-electron chi connectivity index (χ3n) is 4.67. The Labute approximate surface area is 152 Å². The summed E-state index contributed by atoms with van der Waals surface area (Å²) in [5.41, 5.74) is 3.16. The van der Waals surface area contributed by atoms with E-state index in [1.807, 2.05) is 13.8 Å². The van der Waals surface area contributed by atoms with E-state index in [0.717, 1.165) is 23.7 Å². The maximum atomic E-state index is 2.33. The minimum absolute atomic E-state index is 0.831. The summed E-state index contributed by atoms with van der Waals surface area (Å²) in [5.74, 6) is 3.49. The second-order valence-corrected chi connectivity index (χ2v) is 7.46. The van der Waals surface area contributed by atoms with Crippen molar-refractivity contribution in [3.05, 3.63) is 47.5 Å². The second kappa shape index (κ2) is 13.3. The van der Waals surface area contributed by atoms with Gasteiger partial charge in [-0.1, -0.05) is 98.2 Å². The average Bonchev–Trinajstić information content (AvgIpc) is 2.93. The van der Waals surface area contributed by atoms with Gasteiger partial charge in [0, 0.05) is 0 Å². The highest BCUT2D eigenvalue weighted by Crippen LogP contribution is 2.30. The zero-order chi connectivity index (χ0) is 18.5. The Balaban J connectivity index is 0.000000376. The lowest BCUT2D eigenvalue weighted by Crippen LogP contribution is -2.09. The van der Waals surface area contributed by atoms with Gasteiger partial charge in [-0.15, -0.1) is 0 Å². The molecule has 1 aromatic rings. The maximum absolute atomic E-state index is 2.33. The van der Waals surface area contributed by atoms with E-state index in [9.17, 15) is 0 Å². The molecule has 0 nitrogen and oxygen atoms in total. The van der Waals surface area contributed by atoms with Crippen LogP contribution in [-0.4, -0.2) is 0 Å². The van der Waals surface area contributed by atoms with Crippen molar-refractivity contribution in [2.24, 2.45) is 23.7 Å². The van der Waals surface area contributed by atoms with Crippen LogP contribution in [0.15, 0.2) is 36.4 Å². The van der Waals surface area contributed by atoms with Crippen molar-refractivity contribution < 1.29 is 0 Å². The Kier molecular flexibility index (Phi) is 12.7. The normalized spacial score (nSPS) is 17.7. The standard InChI is InChI=1S/C12H16.C7H12.C3H8.C2H6/c1-9(2)12-7-10-5-3-4-6-11(10)8-12;1-6(2)7-4-3-5-7;1-3-2;1-2/h3-6,9,12H,7-8H2,1-2H3;3-4,6-7H,5H2,1-2H3;3H2,1-2H3;1-2H3. The van der Waals surface area contributed by atoms with Crippen molar-refractivity contribution in [1.82, 2.24) is 0 Å². The Morgan fingerprint density at radius 2 is 1.29 bits per heavy atom. The summed E-state index contributed by atoms with van der Waals surface area (Å²) < 4.78 is 0. The number of fused-ring (bicyclic) bond motifs is 1. The Morgan fingerprint density at radius 1 is 0.875 bits per heavy atom. The van der Waals surface area contributed by atoms with Crippen LogP contribution in [0.1, 0.15) is 79.4 Å². The highest BCUT2D eigenvalue weighted by molar-refractivity contribution is 5.32. The molecular weight excluding hydrogens is 288 g/mol. The molecule has 0 N–H and O–H groups in total. The molecule has 0 saturated carbocycles. The van der Waals surface area contributed by atoms with Gasteiger partial charge >= 0.3 is 0 Å². The fraction of sp³-hybridized carbons (Fsp3) is 0.667. The molecule has 0 aliphatic heterocycles. The SMILES string of the molecule is CC.CC(C)C1C=CC1.CC(C)C1Cc2ccccc2C1.CCC. The average molecular weight is 331 g/mol. The van der Waals surface area contributed by atoms with E-state index in [0.29, 0.717) is 0 Å². The number of rotatable bonds is 2. The lowest BCUT2D eigenvalue weighted by Gasteiger charge is -2.20. The third kappa shape index (κ3) is 8.18. The van der Waals surface area contributed by atoms with Gasteiger partial charge < -0.3 is 0 Å². The molecule has 2 aliphatic rings. The predicted molar refractivity (Wildman–Crippen MR) is 112 cm³/mol. The van der Waals surface area contributed by atoms with Crippen molar-refractivity contribution in [1.29, 1.82) is 0 Å². The molecule has 0 radical (unpaired) electrons. The van der Waals surface area contributed by atoms with Gasteiger partial charge in [0.15, 0.2) is 0 Å². The molecule has 0 aromatic heterocycles. The lowest BCUT2D eigenvalue weighted by molar-refractivity contribution is 0.404. The molecule has 1 unspecified atom stereocenters. The fourth-order valence-electron chi connectivity index (χ4n) is 2.85. The first-order valence-corrected chi connectivity index (χ1v) is 10.2. The number of hydrogen-bond donors (Lipinski definition) is 0. The van der Waals surface area contributed by atoms with Gasteiger partial charge in [0.05, 0.1) is 0 Å². The van der Waals surface area contributed by atoms with Crippen LogP contribution in [0, 0.1) is 23.7 Å². The van der Waals surface area contributed by atoms with Crippen molar-refractivity contribution in [3.8, 4) is 0 Å². The van der Waals surface area contributed by atoms with Gasteiger partial charge in [0.25, 0.3) is 0 Å². The zero-order valence-electron chi connectivity index (χ0n) is 17.6. The molecule has 24 heavy (non-hydrogen) atoms. The van der Waals surface area contributed by atoms with Crippen molar-refractivity contribution >= 4 is 0 Å². The van der Waals surface area contributed by atoms with Crippen LogP contribution in [-0.2, 0) is 12.8 Å².